The van der Waals surface area contributed by atoms with Crippen molar-refractivity contribution >= 4 is 71.1 Å². The Hall–Kier alpha value is -8.76. The average Bonchev–Trinajstić information content (AvgIpc) is 3.38. The third-order valence-corrected chi connectivity index (χ3v) is 12.4. The number of primary amides is 2. The van der Waals surface area contributed by atoms with Crippen molar-refractivity contribution in [3.63, 3.8) is 0 Å². The molecule has 0 fully saturated rings. The number of guanidine groups is 2. The molecule has 2 aromatic carbocycles. The van der Waals surface area contributed by atoms with E-state index in [0.717, 1.165) is 0 Å². The number of hydrogen-bond donors (Lipinski definition) is 17. The number of phenolic OH excluding ortho intramolecular Hbond substituents is 2. The van der Waals surface area contributed by atoms with E-state index in [1.54, 1.807) is 27.7 Å². The van der Waals surface area contributed by atoms with Gasteiger partial charge in [0.25, 0.3) is 0 Å². The van der Waals surface area contributed by atoms with Crippen LogP contribution in [0.15, 0.2) is 58.5 Å². The van der Waals surface area contributed by atoms with Crippen molar-refractivity contribution in [1.29, 1.82) is 0 Å². The van der Waals surface area contributed by atoms with Gasteiger partial charge in [-0.1, -0.05) is 58.4 Å². The minimum atomic E-state index is -1.64. The number of benzene rings is 2. The van der Waals surface area contributed by atoms with E-state index in [-0.39, 0.29) is 87.4 Å². The number of amides is 9. The summed E-state index contributed by atoms with van der Waals surface area (Å²) in [5.41, 5.74) is 39.4. The summed E-state index contributed by atoms with van der Waals surface area (Å²) in [6.07, 6.45) is -1.73. The summed E-state index contributed by atoms with van der Waals surface area (Å²) in [4.78, 5) is 142. The Labute approximate surface area is 463 Å². The van der Waals surface area contributed by atoms with Gasteiger partial charge in [-0.3, -0.25) is 53.1 Å². The van der Waals surface area contributed by atoms with Gasteiger partial charge >= 0.3 is 5.97 Å². The molecule has 442 valence electrons. The molecular formula is C51H80N16O13. The van der Waals surface area contributed by atoms with Crippen LogP contribution in [0.4, 0.5) is 0 Å². The van der Waals surface area contributed by atoms with E-state index in [4.69, 9.17) is 40.1 Å². The SMILES string of the molecule is CCC(C)C(NC(=O)C(CC(C)C)NC(=O)C(N)CC(N)=O)C(=O)NC(Cc1ccc(O)cc1)C(=O)NC(CCCN=C(N)N)C(=O)NC(CCC(N)=O)C(=O)NC(CCCN=C(N)N)C(=O)NC(Cc1ccc(O)cc1)C(=O)O. The molecule has 24 N–H and O–H groups in total. The number of phenols is 2. The van der Waals surface area contributed by atoms with Gasteiger partial charge in [0.05, 0.1) is 12.5 Å². The lowest BCUT2D eigenvalue weighted by atomic mass is 9.95. The standard InChI is InChI=1S/C51H80N16O13/c1-5-27(4)41(67-47(77)36(22-26(2)3)64-42(72)32(52)25-40(54)71)48(78)65-37(23-28-10-14-30(68)15-11-28)46(76)62-33(8-6-20-59-50(55)56)43(73)63-35(18-19-39(53)70)45(75)61-34(9-7-21-60-51(57)58)44(74)66-38(49(79)80)24-29-12-16-31(69)17-13-29/h10-17,26-27,32-38,41,68-69H,5-9,18-25,52H2,1-4H3,(H2,53,70)(H2,54,71)(H,61,75)(H,62,76)(H,63,73)(H,64,72)(H,65,78)(H,66,74)(H,67,77)(H,79,80)(H4,55,56,59)(H4,57,58,60). The minimum absolute atomic E-state index is 0.0170. The summed E-state index contributed by atoms with van der Waals surface area (Å²) in [6, 6.07) is -0.426. The molecular weight excluding hydrogens is 1040 g/mol. The number of carboxylic acids is 1. The van der Waals surface area contributed by atoms with Crippen molar-refractivity contribution in [2.45, 2.75) is 147 Å². The normalized spacial score (nSPS) is 14.3. The van der Waals surface area contributed by atoms with Gasteiger partial charge in [-0.2, -0.15) is 0 Å². The Bertz CT molecular complexity index is 2490. The first-order valence-corrected chi connectivity index (χ1v) is 25.9. The lowest BCUT2D eigenvalue weighted by molar-refractivity contribution is -0.142. The van der Waals surface area contributed by atoms with E-state index in [2.05, 4.69) is 47.2 Å². The molecule has 0 radical (unpaired) electrons. The Morgan fingerprint density at radius 2 is 0.887 bits per heavy atom. The van der Waals surface area contributed by atoms with Crippen LogP contribution in [0.2, 0.25) is 0 Å². The number of aliphatic imine (C=N–C) groups is 2. The number of nitrogens with one attached hydrogen (secondary N) is 7. The molecule has 0 aromatic heterocycles. The Morgan fingerprint density at radius 1 is 0.500 bits per heavy atom. The van der Waals surface area contributed by atoms with Crippen LogP contribution in [0, 0.1) is 11.8 Å². The predicted octanol–water partition coefficient (Wildman–Crippen LogP) is -3.97. The molecule has 0 saturated heterocycles. The molecule has 9 amide bonds. The molecule has 9 atom stereocenters. The van der Waals surface area contributed by atoms with E-state index in [1.807, 2.05) is 0 Å². The van der Waals surface area contributed by atoms with Gasteiger partial charge in [-0.25, -0.2) is 4.79 Å². The predicted molar refractivity (Wildman–Crippen MR) is 294 cm³/mol. The fourth-order valence-electron chi connectivity index (χ4n) is 7.84. The van der Waals surface area contributed by atoms with Gasteiger partial charge < -0.3 is 92.7 Å². The zero-order valence-electron chi connectivity index (χ0n) is 45.4. The maximum atomic E-state index is 14.6. The first-order valence-electron chi connectivity index (χ1n) is 25.9. The third-order valence-electron chi connectivity index (χ3n) is 12.4. The number of aromatic hydroxyl groups is 2. The summed E-state index contributed by atoms with van der Waals surface area (Å²) < 4.78 is 0. The number of nitrogens with zero attached hydrogens (tertiary/aromatic N) is 2. The number of carbonyl (C=O) groups is 10. The second-order valence-electron chi connectivity index (χ2n) is 19.6. The van der Waals surface area contributed by atoms with Crippen LogP contribution in [0.5, 0.6) is 11.5 Å². The molecule has 0 heterocycles. The summed E-state index contributed by atoms with van der Waals surface area (Å²) in [5, 5.41) is 47.7. The smallest absolute Gasteiger partial charge is 0.326 e. The van der Waals surface area contributed by atoms with Crippen LogP contribution >= 0.6 is 0 Å². The molecule has 80 heavy (non-hydrogen) atoms. The topological polar surface area (TPSA) is 522 Å². The molecule has 2 aromatic rings. The van der Waals surface area contributed by atoms with Crippen LogP contribution in [-0.2, 0) is 60.8 Å². The highest BCUT2D eigenvalue weighted by molar-refractivity contribution is 5.98. The molecule has 0 spiro atoms. The second kappa shape index (κ2) is 34.2. The molecule has 0 saturated carbocycles. The molecule has 0 bridgehead atoms. The maximum Gasteiger partial charge on any atom is 0.326 e. The first-order chi connectivity index (χ1) is 37.6. The minimum Gasteiger partial charge on any atom is -0.508 e. The van der Waals surface area contributed by atoms with Gasteiger partial charge in [-0.15, -0.1) is 0 Å². The van der Waals surface area contributed by atoms with E-state index in [1.165, 1.54) is 48.5 Å². The summed E-state index contributed by atoms with van der Waals surface area (Å²) >= 11 is 0. The maximum absolute atomic E-state index is 14.6. The van der Waals surface area contributed by atoms with E-state index in [9.17, 15) is 63.3 Å². The fraction of sp³-hybridized carbons (Fsp3) is 0.529. The second-order valence-corrected chi connectivity index (χ2v) is 19.6. The summed E-state index contributed by atoms with van der Waals surface area (Å²) in [5.74, 6) is -11.1. The van der Waals surface area contributed by atoms with Crippen LogP contribution in [0.25, 0.3) is 0 Å². The van der Waals surface area contributed by atoms with Crippen LogP contribution in [-0.4, -0.2) is 148 Å². The zero-order valence-corrected chi connectivity index (χ0v) is 45.4. The number of aliphatic carboxylic acids is 1. The van der Waals surface area contributed by atoms with Crippen LogP contribution in [0.1, 0.15) is 96.6 Å². The average molecular weight is 1130 g/mol. The third kappa shape index (κ3) is 25.6. The highest BCUT2D eigenvalue weighted by Gasteiger charge is 2.36. The van der Waals surface area contributed by atoms with Crippen molar-refractivity contribution in [3.05, 3.63) is 59.7 Å². The molecule has 0 aliphatic carbocycles. The first kappa shape index (κ1) is 67.3. The van der Waals surface area contributed by atoms with Crippen LogP contribution < -0.4 is 77.4 Å². The number of hydrogen-bond acceptors (Lipinski definition) is 15. The number of nitrogens with two attached hydrogens (primary N) is 7. The van der Waals surface area contributed by atoms with Crippen molar-refractivity contribution in [1.82, 2.24) is 37.2 Å². The molecule has 0 aliphatic heterocycles. The largest absolute Gasteiger partial charge is 0.508 e. The van der Waals surface area contributed by atoms with Crippen molar-refractivity contribution in [2.75, 3.05) is 13.1 Å². The highest BCUT2D eigenvalue weighted by atomic mass is 16.4. The lowest BCUT2D eigenvalue weighted by Gasteiger charge is -2.30. The molecule has 29 heteroatoms. The zero-order chi connectivity index (χ0) is 60.2. The van der Waals surface area contributed by atoms with E-state index in [0.29, 0.717) is 17.5 Å². The Morgan fingerprint density at radius 3 is 1.29 bits per heavy atom. The molecule has 29 nitrogen and oxygen atoms in total. The Kier molecular flexibility index (Phi) is 28.8. The van der Waals surface area contributed by atoms with Gasteiger partial charge in [0.1, 0.15) is 53.8 Å². The molecule has 0 aliphatic rings. The van der Waals surface area contributed by atoms with Crippen molar-refractivity contribution in [2.24, 2.45) is 62.0 Å². The molecule has 2 rings (SSSR count). The highest BCUT2D eigenvalue weighted by Crippen LogP contribution is 2.16. The lowest BCUT2D eigenvalue weighted by Crippen LogP contribution is -2.61. The molecule has 9 unspecified atom stereocenters. The summed E-state index contributed by atoms with van der Waals surface area (Å²) in [7, 11) is 0. The number of carbonyl (C=O) groups excluding carboxylic acids is 9. The van der Waals surface area contributed by atoms with Gasteiger partial charge in [0.2, 0.25) is 53.2 Å². The van der Waals surface area contributed by atoms with Gasteiger partial charge in [0, 0.05) is 32.4 Å². The number of rotatable bonds is 36. The van der Waals surface area contributed by atoms with Gasteiger partial charge in [-0.05, 0) is 85.8 Å². The fourth-order valence-corrected chi connectivity index (χ4v) is 7.84. The monoisotopic (exact) mass is 1120 g/mol. The van der Waals surface area contributed by atoms with Crippen molar-refractivity contribution in [3.8, 4) is 11.5 Å². The summed E-state index contributed by atoms with van der Waals surface area (Å²) in [6.45, 7) is 6.91. The van der Waals surface area contributed by atoms with Crippen LogP contribution in [0.3, 0.4) is 0 Å². The number of carboxylic acid groups (broad SMARTS) is 1. The van der Waals surface area contributed by atoms with E-state index >= 15 is 0 Å². The quantitative estimate of drug-likeness (QED) is 0.0176. The van der Waals surface area contributed by atoms with Gasteiger partial charge in [0.15, 0.2) is 11.9 Å². The van der Waals surface area contributed by atoms with Crippen molar-refractivity contribution < 1.29 is 63.3 Å². The van der Waals surface area contributed by atoms with E-state index < -0.39 is 133 Å². The Balaban J connectivity index is 2.59.